The predicted molar refractivity (Wildman–Crippen MR) is 59.8 cm³/mol. The molecule has 5 nitrogen and oxygen atoms in total. The zero-order valence-corrected chi connectivity index (χ0v) is 9.41. The molecule has 0 aliphatic carbocycles. The van der Waals surface area contributed by atoms with Gasteiger partial charge in [0, 0.05) is 12.1 Å². The molecule has 16 heavy (non-hydrogen) atoms. The largest absolute Gasteiger partial charge is 0.370 e. The van der Waals surface area contributed by atoms with Crippen LogP contribution in [0.4, 0.5) is 0 Å². The van der Waals surface area contributed by atoms with Gasteiger partial charge in [0.2, 0.25) is 0 Å². The predicted octanol–water partition coefficient (Wildman–Crippen LogP) is 0.296. The minimum atomic E-state index is 0.519. The van der Waals surface area contributed by atoms with Crippen LogP contribution in [0.25, 0.3) is 0 Å². The number of fused-ring (bicyclic) bond motifs is 1. The Balaban J connectivity index is 1.93. The Kier molecular flexibility index (Phi) is 2.67. The Hall–Kier alpha value is -0.910. The molecule has 1 aromatic heterocycles. The Morgan fingerprint density at radius 2 is 2.19 bits per heavy atom. The monoisotopic (exact) mass is 222 g/mol. The van der Waals surface area contributed by atoms with E-state index in [1.807, 2.05) is 0 Å². The van der Waals surface area contributed by atoms with Crippen molar-refractivity contribution in [2.75, 3.05) is 13.1 Å². The SMILES string of the molecule is NCc1c2c(nn1C1CCNCC1)COC2. The van der Waals surface area contributed by atoms with Crippen molar-refractivity contribution in [1.82, 2.24) is 15.1 Å². The molecule has 0 radical (unpaired) electrons. The molecule has 88 valence electrons. The fourth-order valence-electron chi connectivity index (χ4n) is 2.66. The van der Waals surface area contributed by atoms with Gasteiger partial charge in [-0.3, -0.25) is 4.68 Å². The Morgan fingerprint density at radius 3 is 2.94 bits per heavy atom. The summed E-state index contributed by atoms with van der Waals surface area (Å²) in [5, 5.41) is 8.04. The molecule has 0 unspecified atom stereocenters. The molecule has 5 heteroatoms. The highest BCUT2D eigenvalue weighted by atomic mass is 16.5. The highest BCUT2D eigenvalue weighted by molar-refractivity contribution is 5.28. The Bertz CT molecular complexity index is 382. The van der Waals surface area contributed by atoms with Gasteiger partial charge in [0.15, 0.2) is 0 Å². The molecular weight excluding hydrogens is 204 g/mol. The van der Waals surface area contributed by atoms with Crippen molar-refractivity contribution in [1.29, 1.82) is 0 Å². The van der Waals surface area contributed by atoms with Crippen molar-refractivity contribution in [2.45, 2.75) is 38.6 Å². The van der Waals surface area contributed by atoms with Gasteiger partial charge in [-0.2, -0.15) is 5.10 Å². The smallest absolute Gasteiger partial charge is 0.0940 e. The van der Waals surface area contributed by atoms with Crippen molar-refractivity contribution in [2.24, 2.45) is 5.73 Å². The quantitative estimate of drug-likeness (QED) is 0.755. The van der Waals surface area contributed by atoms with Crippen molar-refractivity contribution < 1.29 is 4.74 Å². The summed E-state index contributed by atoms with van der Waals surface area (Å²) in [7, 11) is 0. The first-order valence-corrected chi connectivity index (χ1v) is 5.98. The summed E-state index contributed by atoms with van der Waals surface area (Å²) >= 11 is 0. The lowest BCUT2D eigenvalue weighted by atomic mass is 10.1. The lowest BCUT2D eigenvalue weighted by molar-refractivity contribution is 0.129. The van der Waals surface area contributed by atoms with Crippen LogP contribution in [0, 0.1) is 0 Å². The second kappa shape index (κ2) is 4.16. The number of hydrogen-bond donors (Lipinski definition) is 2. The summed E-state index contributed by atoms with van der Waals surface area (Å²) in [5.41, 5.74) is 9.36. The number of rotatable bonds is 2. The van der Waals surface area contributed by atoms with E-state index in [-0.39, 0.29) is 0 Å². The van der Waals surface area contributed by atoms with Crippen LogP contribution >= 0.6 is 0 Å². The number of nitrogens with two attached hydrogens (primary N) is 1. The zero-order valence-electron chi connectivity index (χ0n) is 9.41. The molecule has 0 amide bonds. The average Bonchev–Trinajstić information content (AvgIpc) is 2.89. The molecule has 0 atom stereocenters. The van der Waals surface area contributed by atoms with Gasteiger partial charge in [-0.25, -0.2) is 0 Å². The van der Waals surface area contributed by atoms with E-state index in [0.717, 1.165) is 31.6 Å². The van der Waals surface area contributed by atoms with E-state index in [1.165, 1.54) is 11.3 Å². The maximum absolute atomic E-state index is 5.84. The standard InChI is InChI=1S/C11H18N4O/c12-5-11-9-6-16-7-10(9)14-15(11)8-1-3-13-4-2-8/h8,13H,1-7,12H2. The number of piperidine rings is 1. The first-order chi connectivity index (χ1) is 7.90. The van der Waals surface area contributed by atoms with E-state index in [0.29, 0.717) is 25.8 Å². The maximum Gasteiger partial charge on any atom is 0.0940 e. The van der Waals surface area contributed by atoms with E-state index in [2.05, 4.69) is 15.1 Å². The van der Waals surface area contributed by atoms with Gasteiger partial charge in [-0.15, -0.1) is 0 Å². The summed E-state index contributed by atoms with van der Waals surface area (Å²) in [5.74, 6) is 0. The first kappa shape index (κ1) is 10.3. The third-order valence-electron chi connectivity index (χ3n) is 3.53. The molecule has 0 spiro atoms. The minimum Gasteiger partial charge on any atom is -0.370 e. The van der Waals surface area contributed by atoms with Crippen LogP contribution in [0.2, 0.25) is 0 Å². The van der Waals surface area contributed by atoms with E-state index >= 15 is 0 Å². The summed E-state index contributed by atoms with van der Waals surface area (Å²) < 4.78 is 7.56. The summed E-state index contributed by atoms with van der Waals surface area (Å²) in [4.78, 5) is 0. The van der Waals surface area contributed by atoms with Crippen LogP contribution in [0.15, 0.2) is 0 Å². The molecule has 2 aliphatic rings. The molecule has 0 saturated carbocycles. The van der Waals surface area contributed by atoms with Crippen molar-refractivity contribution >= 4 is 0 Å². The fraction of sp³-hybridized carbons (Fsp3) is 0.727. The highest BCUT2D eigenvalue weighted by Crippen LogP contribution is 2.28. The van der Waals surface area contributed by atoms with Crippen molar-refractivity contribution in [3.8, 4) is 0 Å². The molecular formula is C11H18N4O. The zero-order chi connectivity index (χ0) is 11.0. The molecule has 3 N–H and O–H groups in total. The van der Waals surface area contributed by atoms with Gasteiger partial charge >= 0.3 is 0 Å². The number of hydrogen-bond acceptors (Lipinski definition) is 4. The van der Waals surface area contributed by atoms with Crippen LogP contribution in [0.3, 0.4) is 0 Å². The second-order valence-electron chi connectivity index (χ2n) is 4.49. The van der Waals surface area contributed by atoms with Gasteiger partial charge in [-0.05, 0) is 25.9 Å². The number of nitrogens with one attached hydrogen (secondary N) is 1. The second-order valence-corrected chi connectivity index (χ2v) is 4.49. The van der Waals surface area contributed by atoms with E-state index in [4.69, 9.17) is 10.5 Å². The van der Waals surface area contributed by atoms with E-state index in [9.17, 15) is 0 Å². The minimum absolute atomic E-state index is 0.519. The first-order valence-electron chi connectivity index (χ1n) is 5.98. The topological polar surface area (TPSA) is 65.1 Å². The van der Waals surface area contributed by atoms with Crippen LogP contribution in [0.1, 0.15) is 35.8 Å². The van der Waals surface area contributed by atoms with Gasteiger partial charge in [0.25, 0.3) is 0 Å². The Morgan fingerprint density at radius 1 is 1.38 bits per heavy atom. The molecule has 0 aromatic carbocycles. The van der Waals surface area contributed by atoms with E-state index in [1.54, 1.807) is 0 Å². The third-order valence-corrected chi connectivity index (χ3v) is 3.53. The maximum atomic E-state index is 5.84. The third kappa shape index (κ3) is 1.55. The van der Waals surface area contributed by atoms with Crippen LogP contribution in [-0.2, 0) is 24.5 Å². The number of ether oxygens (including phenoxy) is 1. The van der Waals surface area contributed by atoms with E-state index < -0.39 is 0 Å². The molecule has 3 rings (SSSR count). The molecule has 3 heterocycles. The average molecular weight is 222 g/mol. The molecule has 1 fully saturated rings. The normalized spacial score (nSPS) is 21.3. The van der Waals surface area contributed by atoms with Crippen molar-refractivity contribution in [3.05, 3.63) is 17.0 Å². The van der Waals surface area contributed by atoms with Crippen LogP contribution in [0.5, 0.6) is 0 Å². The van der Waals surface area contributed by atoms with Gasteiger partial charge in [0.05, 0.1) is 30.6 Å². The van der Waals surface area contributed by atoms with Gasteiger partial charge < -0.3 is 15.8 Å². The summed E-state index contributed by atoms with van der Waals surface area (Å²) in [6.07, 6.45) is 2.29. The fourth-order valence-corrected chi connectivity index (χ4v) is 2.66. The Labute approximate surface area is 94.9 Å². The molecule has 1 saturated heterocycles. The summed E-state index contributed by atoms with van der Waals surface area (Å²) in [6.45, 7) is 4.06. The molecule has 1 aromatic rings. The summed E-state index contributed by atoms with van der Waals surface area (Å²) in [6, 6.07) is 0.519. The number of nitrogens with zero attached hydrogens (tertiary/aromatic N) is 2. The lowest BCUT2D eigenvalue weighted by Gasteiger charge is -2.25. The lowest BCUT2D eigenvalue weighted by Crippen LogP contribution is -2.31. The molecule has 2 aliphatic heterocycles. The van der Waals surface area contributed by atoms with Crippen LogP contribution in [-0.4, -0.2) is 22.9 Å². The van der Waals surface area contributed by atoms with Gasteiger partial charge in [-0.1, -0.05) is 0 Å². The highest BCUT2D eigenvalue weighted by Gasteiger charge is 2.26. The van der Waals surface area contributed by atoms with Gasteiger partial charge in [0.1, 0.15) is 0 Å². The van der Waals surface area contributed by atoms with Crippen molar-refractivity contribution in [3.63, 3.8) is 0 Å². The number of aromatic nitrogens is 2. The molecule has 0 bridgehead atoms. The van der Waals surface area contributed by atoms with Crippen LogP contribution < -0.4 is 11.1 Å².